The summed E-state index contributed by atoms with van der Waals surface area (Å²) in [5, 5.41) is 9.95. The van der Waals surface area contributed by atoms with Crippen LogP contribution in [0.25, 0.3) is 0 Å². The first-order chi connectivity index (χ1) is 5.87. The number of allylic oxidation sites excluding steroid dienone is 2. The molecule has 0 radical (unpaired) electrons. The monoisotopic (exact) mass is 180 g/mol. The molecule has 0 amide bonds. The molecule has 0 heterocycles. The van der Waals surface area contributed by atoms with Gasteiger partial charge in [-0.05, 0) is 25.7 Å². The second-order valence-corrected chi connectivity index (χ2v) is 4.74. The smallest absolute Gasteiger partial charge is 0.0784 e. The third-order valence-electron chi connectivity index (χ3n) is 3.51. The van der Waals surface area contributed by atoms with Crippen LogP contribution in [0.1, 0.15) is 34.1 Å². The summed E-state index contributed by atoms with van der Waals surface area (Å²) in [5.74, 6) is 0.310. The van der Waals surface area contributed by atoms with Crippen LogP contribution in [0.5, 0.6) is 0 Å². The molecule has 0 aromatic carbocycles. The lowest BCUT2D eigenvalue weighted by molar-refractivity contribution is 0.0892. The number of hydrogen-bond donors (Lipinski definition) is 1. The minimum Gasteiger partial charge on any atom is -0.388 e. The highest BCUT2D eigenvalue weighted by Crippen LogP contribution is 2.45. The first-order valence-electron chi connectivity index (χ1n) is 4.88. The normalized spacial score (nSPS) is 28.4. The average Bonchev–Trinajstić information content (AvgIpc) is 2.26. The fourth-order valence-electron chi connectivity index (χ4n) is 2.02. The molecule has 0 fully saturated rings. The van der Waals surface area contributed by atoms with E-state index in [0.29, 0.717) is 5.92 Å². The van der Waals surface area contributed by atoms with E-state index in [2.05, 4.69) is 33.4 Å². The lowest BCUT2D eigenvalue weighted by Crippen LogP contribution is -2.31. The van der Waals surface area contributed by atoms with Gasteiger partial charge in [0.05, 0.1) is 6.10 Å². The molecule has 1 nitrogen and oxygen atoms in total. The van der Waals surface area contributed by atoms with Crippen LogP contribution in [0.3, 0.4) is 0 Å². The Morgan fingerprint density at radius 3 is 2.54 bits per heavy atom. The van der Waals surface area contributed by atoms with Crippen LogP contribution in [-0.2, 0) is 0 Å². The first-order valence-corrected chi connectivity index (χ1v) is 4.88. The second-order valence-electron chi connectivity index (χ2n) is 4.74. The van der Waals surface area contributed by atoms with Gasteiger partial charge in [0, 0.05) is 5.92 Å². The molecule has 0 saturated heterocycles. The van der Waals surface area contributed by atoms with E-state index in [-0.39, 0.29) is 11.5 Å². The van der Waals surface area contributed by atoms with Crippen molar-refractivity contribution in [1.82, 2.24) is 0 Å². The van der Waals surface area contributed by atoms with E-state index in [1.165, 1.54) is 5.57 Å². The van der Waals surface area contributed by atoms with Gasteiger partial charge in [-0.15, -0.1) is 0 Å². The molecule has 0 aromatic rings. The van der Waals surface area contributed by atoms with Gasteiger partial charge in [-0.1, -0.05) is 37.6 Å². The summed E-state index contributed by atoms with van der Waals surface area (Å²) in [6.07, 6.45) is 2.85. The molecule has 74 valence electrons. The summed E-state index contributed by atoms with van der Waals surface area (Å²) >= 11 is 0. The summed E-state index contributed by atoms with van der Waals surface area (Å²) in [5.41, 5.74) is 2.39. The molecule has 0 aliphatic heterocycles. The lowest BCUT2D eigenvalue weighted by Gasteiger charge is -2.33. The molecule has 0 bridgehead atoms. The Labute approximate surface area is 81.2 Å². The van der Waals surface area contributed by atoms with Crippen molar-refractivity contribution in [3.63, 3.8) is 0 Å². The van der Waals surface area contributed by atoms with Crippen molar-refractivity contribution in [3.05, 3.63) is 23.8 Å². The average molecular weight is 180 g/mol. The number of rotatable bonds is 2. The molecule has 1 heteroatoms. The summed E-state index contributed by atoms with van der Waals surface area (Å²) in [4.78, 5) is 0. The highest BCUT2D eigenvalue weighted by Gasteiger charge is 2.39. The summed E-state index contributed by atoms with van der Waals surface area (Å²) in [6.45, 7) is 12.3. The Kier molecular flexibility index (Phi) is 2.67. The van der Waals surface area contributed by atoms with Gasteiger partial charge in [-0.25, -0.2) is 0 Å². The van der Waals surface area contributed by atoms with Crippen LogP contribution in [0.15, 0.2) is 23.8 Å². The molecule has 2 atom stereocenters. The predicted octanol–water partition coefficient (Wildman–Crippen LogP) is 2.92. The van der Waals surface area contributed by atoms with Gasteiger partial charge >= 0.3 is 0 Å². The van der Waals surface area contributed by atoms with Crippen LogP contribution in [0, 0.1) is 11.3 Å². The predicted molar refractivity (Wildman–Crippen MR) is 56.5 cm³/mol. The molecular formula is C12H20O. The maximum atomic E-state index is 9.95. The third kappa shape index (κ3) is 1.71. The summed E-state index contributed by atoms with van der Waals surface area (Å²) in [7, 11) is 0. The Morgan fingerprint density at radius 2 is 2.23 bits per heavy atom. The Morgan fingerprint density at radius 1 is 1.69 bits per heavy atom. The molecular weight excluding hydrogens is 160 g/mol. The fourth-order valence-corrected chi connectivity index (χ4v) is 2.02. The van der Waals surface area contributed by atoms with Gasteiger partial charge in [-0.2, -0.15) is 0 Å². The van der Waals surface area contributed by atoms with Gasteiger partial charge in [0.1, 0.15) is 0 Å². The maximum absolute atomic E-state index is 9.95. The van der Waals surface area contributed by atoms with E-state index in [4.69, 9.17) is 0 Å². The summed E-state index contributed by atoms with van der Waals surface area (Å²) < 4.78 is 0. The highest BCUT2D eigenvalue weighted by molar-refractivity contribution is 5.22. The number of hydrogen-bond acceptors (Lipinski definition) is 1. The maximum Gasteiger partial charge on any atom is 0.0784 e. The zero-order valence-corrected chi connectivity index (χ0v) is 9.09. The zero-order chi connectivity index (χ0) is 10.2. The highest BCUT2D eigenvalue weighted by atomic mass is 16.3. The van der Waals surface area contributed by atoms with Crippen LogP contribution >= 0.6 is 0 Å². The Hall–Kier alpha value is -0.560. The van der Waals surface area contributed by atoms with Gasteiger partial charge in [0.25, 0.3) is 0 Å². The van der Waals surface area contributed by atoms with Crippen molar-refractivity contribution in [3.8, 4) is 0 Å². The van der Waals surface area contributed by atoms with Crippen LogP contribution in [0.2, 0.25) is 0 Å². The van der Waals surface area contributed by atoms with Crippen molar-refractivity contribution in [2.45, 2.75) is 40.2 Å². The van der Waals surface area contributed by atoms with E-state index < -0.39 is 0 Å². The molecule has 1 rings (SSSR count). The van der Waals surface area contributed by atoms with Gasteiger partial charge in [-0.3, -0.25) is 0 Å². The van der Waals surface area contributed by atoms with Gasteiger partial charge in [0.15, 0.2) is 0 Å². The lowest BCUT2D eigenvalue weighted by atomic mass is 9.74. The van der Waals surface area contributed by atoms with Crippen molar-refractivity contribution in [1.29, 1.82) is 0 Å². The number of aliphatic hydroxyl groups excluding tert-OH is 1. The molecule has 1 N–H and O–H groups in total. The van der Waals surface area contributed by atoms with Crippen molar-refractivity contribution in [2.75, 3.05) is 0 Å². The SMILES string of the molecule is C=C(C)C(O)C1CC=C(C)C1(C)C. The second kappa shape index (κ2) is 3.30. The van der Waals surface area contributed by atoms with Crippen molar-refractivity contribution >= 4 is 0 Å². The topological polar surface area (TPSA) is 20.2 Å². The van der Waals surface area contributed by atoms with Crippen LogP contribution in [0.4, 0.5) is 0 Å². The molecule has 0 aromatic heterocycles. The fraction of sp³-hybridized carbons (Fsp3) is 0.667. The van der Waals surface area contributed by atoms with Crippen molar-refractivity contribution in [2.24, 2.45) is 11.3 Å². The molecule has 0 spiro atoms. The Balaban J connectivity index is 2.82. The van der Waals surface area contributed by atoms with Gasteiger partial charge < -0.3 is 5.11 Å². The first kappa shape index (κ1) is 10.5. The summed E-state index contributed by atoms with van der Waals surface area (Å²) in [6, 6.07) is 0. The molecule has 0 saturated carbocycles. The van der Waals surface area contributed by atoms with E-state index in [1.807, 2.05) is 6.92 Å². The van der Waals surface area contributed by atoms with E-state index in [9.17, 15) is 5.11 Å². The van der Waals surface area contributed by atoms with Crippen LogP contribution < -0.4 is 0 Å². The molecule has 13 heavy (non-hydrogen) atoms. The molecule has 1 aliphatic rings. The zero-order valence-electron chi connectivity index (χ0n) is 9.09. The van der Waals surface area contributed by atoms with E-state index in [0.717, 1.165) is 12.0 Å². The van der Waals surface area contributed by atoms with E-state index in [1.54, 1.807) is 0 Å². The molecule has 1 aliphatic carbocycles. The number of aliphatic hydroxyl groups is 1. The van der Waals surface area contributed by atoms with Crippen molar-refractivity contribution < 1.29 is 5.11 Å². The molecule has 2 unspecified atom stereocenters. The van der Waals surface area contributed by atoms with Crippen LogP contribution in [-0.4, -0.2) is 11.2 Å². The van der Waals surface area contributed by atoms with E-state index >= 15 is 0 Å². The standard InChI is InChI=1S/C12H20O/c1-8(2)11(13)10-7-6-9(3)12(10,4)5/h6,10-11,13H,1,7H2,2-5H3. The minimum atomic E-state index is -0.358. The van der Waals surface area contributed by atoms with Gasteiger partial charge in [0.2, 0.25) is 0 Å². The minimum absolute atomic E-state index is 0.123. The quantitative estimate of drug-likeness (QED) is 0.648. The largest absolute Gasteiger partial charge is 0.388 e. The Bertz CT molecular complexity index is 248. The third-order valence-corrected chi connectivity index (χ3v) is 3.51.